The van der Waals surface area contributed by atoms with E-state index in [1.54, 1.807) is 0 Å². The summed E-state index contributed by atoms with van der Waals surface area (Å²) in [7, 11) is 0. The van der Waals surface area contributed by atoms with Crippen LogP contribution in [0.2, 0.25) is 0 Å². The molecular formula is C18H23N3O. The van der Waals surface area contributed by atoms with Gasteiger partial charge in [-0.3, -0.25) is 0 Å². The molecule has 4 rings (SSSR count). The number of hydrogen-bond donors (Lipinski definition) is 1. The molecule has 4 atom stereocenters. The molecule has 0 saturated heterocycles. The summed E-state index contributed by atoms with van der Waals surface area (Å²) in [6.07, 6.45) is 9.02. The Kier molecular flexibility index (Phi) is 3.12. The van der Waals surface area contributed by atoms with Gasteiger partial charge in [-0.1, -0.05) is 18.5 Å². The molecule has 1 aromatic rings. The quantitative estimate of drug-likeness (QED) is 0.410. The van der Waals surface area contributed by atoms with Crippen LogP contribution in [-0.2, 0) is 6.42 Å². The predicted molar refractivity (Wildman–Crippen MR) is 86.1 cm³/mol. The Morgan fingerprint density at radius 3 is 2.95 bits per heavy atom. The maximum atomic E-state index is 10.0. The maximum Gasteiger partial charge on any atom is 0.125 e. The third kappa shape index (κ3) is 1.94. The fourth-order valence-electron chi connectivity index (χ4n) is 5.72. The zero-order valence-electron chi connectivity index (χ0n) is 13.1. The summed E-state index contributed by atoms with van der Waals surface area (Å²) in [5.74, 6) is 2.35. The molecule has 0 unspecified atom stereocenters. The molecule has 0 spiro atoms. The lowest BCUT2D eigenvalue weighted by Gasteiger charge is -2.49. The number of phenols is 1. The zero-order valence-corrected chi connectivity index (χ0v) is 13.1. The number of fused-ring (bicyclic) bond motifs is 5. The highest BCUT2D eigenvalue weighted by molar-refractivity contribution is 5.57. The van der Waals surface area contributed by atoms with Crippen molar-refractivity contribution >= 4 is 5.69 Å². The van der Waals surface area contributed by atoms with Gasteiger partial charge in [-0.05, 0) is 90.5 Å². The number of benzene rings is 1. The first kappa shape index (κ1) is 14.0. The predicted octanol–water partition coefficient (Wildman–Crippen LogP) is 5.58. The Morgan fingerprint density at radius 1 is 1.27 bits per heavy atom. The van der Waals surface area contributed by atoms with Crippen molar-refractivity contribution in [3.8, 4) is 5.75 Å². The summed E-state index contributed by atoms with van der Waals surface area (Å²) in [6, 6.07) is 3.79. The van der Waals surface area contributed by atoms with Crippen molar-refractivity contribution in [3.63, 3.8) is 0 Å². The largest absolute Gasteiger partial charge is 0.507 e. The van der Waals surface area contributed by atoms with Gasteiger partial charge in [0.05, 0.1) is 5.69 Å². The molecule has 2 saturated carbocycles. The Labute approximate surface area is 131 Å². The average Bonchev–Trinajstić information content (AvgIpc) is 2.90. The molecule has 1 aromatic carbocycles. The van der Waals surface area contributed by atoms with E-state index in [0.29, 0.717) is 17.0 Å². The molecule has 0 bridgehead atoms. The maximum absolute atomic E-state index is 10.0. The van der Waals surface area contributed by atoms with Crippen LogP contribution in [0.1, 0.15) is 62.5 Å². The van der Waals surface area contributed by atoms with Gasteiger partial charge in [0.15, 0.2) is 0 Å². The topological polar surface area (TPSA) is 69.0 Å². The van der Waals surface area contributed by atoms with Gasteiger partial charge in [0.25, 0.3) is 0 Å². The molecule has 3 aliphatic rings. The minimum absolute atomic E-state index is 0.122. The lowest BCUT2D eigenvalue weighted by atomic mass is 9.56. The van der Waals surface area contributed by atoms with Crippen molar-refractivity contribution in [1.29, 1.82) is 0 Å². The lowest BCUT2D eigenvalue weighted by molar-refractivity contribution is 0.0598. The first-order chi connectivity index (χ1) is 10.6. The van der Waals surface area contributed by atoms with Gasteiger partial charge >= 0.3 is 0 Å². The highest BCUT2D eigenvalue weighted by atomic mass is 16.3. The van der Waals surface area contributed by atoms with Gasteiger partial charge in [0.2, 0.25) is 0 Å². The lowest BCUT2D eigenvalue weighted by Crippen LogP contribution is -2.39. The minimum Gasteiger partial charge on any atom is -0.507 e. The van der Waals surface area contributed by atoms with Gasteiger partial charge in [-0.15, -0.1) is 0 Å². The summed E-state index contributed by atoms with van der Waals surface area (Å²) in [4.78, 5) is 2.85. The fourth-order valence-corrected chi connectivity index (χ4v) is 5.72. The number of rotatable bonds is 1. The molecule has 0 aromatic heterocycles. The number of aromatic hydroxyl groups is 1. The van der Waals surface area contributed by atoms with E-state index in [-0.39, 0.29) is 5.75 Å². The van der Waals surface area contributed by atoms with E-state index < -0.39 is 0 Å². The second-order valence-corrected chi connectivity index (χ2v) is 7.73. The molecule has 4 heteroatoms. The number of azide groups is 1. The Bertz CT molecular complexity index is 665. The van der Waals surface area contributed by atoms with E-state index in [9.17, 15) is 5.11 Å². The first-order valence-electron chi connectivity index (χ1n) is 8.53. The van der Waals surface area contributed by atoms with E-state index in [1.807, 2.05) is 12.1 Å². The van der Waals surface area contributed by atoms with Crippen LogP contribution in [-0.4, -0.2) is 5.11 Å². The SMILES string of the molecule is C[C@@]12CCC[C@H]1[C@@H]1CCc3cc(O)c(N=[N+]=[N-])cc3[C@H]1CC2. The molecule has 2 fully saturated rings. The molecular weight excluding hydrogens is 274 g/mol. The highest BCUT2D eigenvalue weighted by Gasteiger charge is 2.50. The molecule has 3 aliphatic carbocycles. The van der Waals surface area contributed by atoms with Crippen molar-refractivity contribution in [3.05, 3.63) is 33.7 Å². The highest BCUT2D eigenvalue weighted by Crippen LogP contribution is 2.61. The second-order valence-electron chi connectivity index (χ2n) is 7.73. The normalized spacial score (nSPS) is 36.0. The molecule has 22 heavy (non-hydrogen) atoms. The van der Waals surface area contributed by atoms with Gasteiger partial charge in [0.1, 0.15) is 5.75 Å². The van der Waals surface area contributed by atoms with E-state index in [4.69, 9.17) is 5.53 Å². The van der Waals surface area contributed by atoms with Gasteiger partial charge in [-0.25, -0.2) is 0 Å². The van der Waals surface area contributed by atoms with Crippen molar-refractivity contribution < 1.29 is 5.11 Å². The van der Waals surface area contributed by atoms with Crippen LogP contribution in [0.3, 0.4) is 0 Å². The monoisotopic (exact) mass is 297 g/mol. The summed E-state index contributed by atoms with van der Waals surface area (Å²) >= 11 is 0. The molecule has 4 nitrogen and oxygen atoms in total. The van der Waals surface area contributed by atoms with Crippen molar-refractivity contribution in [2.45, 2.75) is 57.8 Å². The minimum atomic E-state index is 0.122. The fraction of sp³-hybridized carbons (Fsp3) is 0.667. The van der Waals surface area contributed by atoms with Crippen LogP contribution in [0, 0.1) is 17.3 Å². The summed E-state index contributed by atoms with van der Waals surface area (Å²) < 4.78 is 0. The third-order valence-corrected chi connectivity index (χ3v) is 6.75. The van der Waals surface area contributed by atoms with Gasteiger partial charge in [-0.2, -0.15) is 0 Å². The van der Waals surface area contributed by atoms with Gasteiger partial charge < -0.3 is 5.11 Å². The van der Waals surface area contributed by atoms with E-state index >= 15 is 0 Å². The first-order valence-corrected chi connectivity index (χ1v) is 8.53. The molecule has 0 radical (unpaired) electrons. The summed E-state index contributed by atoms with van der Waals surface area (Å²) in [5, 5.41) is 13.7. The van der Waals surface area contributed by atoms with Crippen LogP contribution < -0.4 is 0 Å². The summed E-state index contributed by atoms with van der Waals surface area (Å²) in [6.45, 7) is 2.50. The number of hydrogen-bond acceptors (Lipinski definition) is 2. The van der Waals surface area contributed by atoms with Crippen molar-refractivity contribution in [2.75, 3.05) is 0 Å². The molecule has 0 heterocycles. The van der Waals surface area contributed by atoms with Crippen LogP contribution in [0.5, 0.6) is 5.75 Å². The molecule has 116 valence electrons. The Hall–Kier alpha value is -1.67. The molecule has 1 N–H and O–H groups in total. The second kappa shape index (κ2) is 4.92. The number of phenolic OH excluding ortho intramolecular Hbond substituents is 1. The standard InChI is InChI=1S/C18H23N3O/c1-18-7-2-3-15(18)13-5-4-11-9-17(22)16(20-21-19)10-14(11)12(13)6-8-18/h9-10,12-13,15,22H,2-8H2,1H3/t12-,13+,15-,18-/m0/s1. The number of aryl methyl sites for hydroxylation is 1. The van der Waals surface area contributed by atoms with Gasteiger partial charge in [0, 0.05) is 4.91 Å². The summed E-state index contributed by atoms with van der Waals surface area (Å²) in [5.41, 5.74) is 12.2. The molecule has 0 amide bonds. The zero-order chi connectivity index (χ0) is 15.3. The Balaban J connectivity index is 1.75. The third-order valence-electron chi connectivity index (χ3n) is 6.75. The Morgan fingerprint density at radius 2 is 2.14 bits per heavy atom. The number of nitrogens with zero attached hydrogens (tertiary/aromatic N) is 3. The van der Waals surface area contributed by atoms with Crippen LogP contribution >= 0.6 is 0 Å². The van der Waals surface area contributed by atoms with Crippen molar-refractivity contribution in [2.24, 2.45) is 22.4 Å². The van der Waals surface area contributed by atoms with E-state index in [2.05, 4.69) is 16.9 Å². The van der Waals surface area contributed by atoms with E-state index in [0.717, 1.165) is 18.3 Å². The van der Waals surface area contributed by atoms with E-state index in [1.165, 1.54) is 49.7 Å². The van der Waals surface area contributed by atoms with Crippen LogP contribution in [0.25, 0.3) is 10.4 Å². The van der Waals surface area contributed by atoms with Crippen LogP contribution in [0.4, 0.5) is 5.69 Å². The van der Waals surface area contributed by atoms with Crippen molar-refractivity contribution in [1.82, 2.24) is 0 Å². The smallest absolute Gasteiger partial charge is 0.125 e. The van der Waals surface area contributed by atoms with Crippen LogP contribution in [0.15, 0.2) is 17.2 Å². The molecule has 0 aliphatic heterocycles. The average molecular weight is 297 g/mol.